The molecule has 0 aliphatic heterocycles. The molecule has 0 saturated carbocycles. The molecule has 0 spiro atoms. The van der Waals surface area contributed by atoms with Gasteiger partial charge in [-0.05, 0) is 54.3 Å². The average molecular weight is 366 g/mol. The fourth-order valence-electron chi connectivity index (χ4n) is 2.59. The van der Waals surface area contributed by atoms with Crippen molar-refractivity contribution in [3.8, 4) is 11.3 Å². The highest BCUT2D eigenvalue weighted by atomic mass is 35.5. The molecular weight excluding hydrogens is 346 g/mol. The summed E-state index contributed by atoms with van der Waals surface area (Å²) in [5.74, 6) is 0.257. The van der Waals surface area contributed by atoms with Crippen LogP contribution in [0.25, 0.3) is 11.3 Å². The Labute approximate surface area is 158 Å². The van der Waals surface area contributed by atoms with E-state index in [9.17, 15) is 4.79 Å². The molecule has 1 atom stereocenters. The lowest BCUT2D eigenvalue weighted by Gasteiger charge is -2.10. The monoisotopic (exact) mass is 365 g/mol. The molecule has 0 fully saturated rings. The van der Waals surface area contributed by atoms with Crippen LogP contribution in [0.15, 0.2) is 60.9 Å². The molecule has 1 N–H and O–H groups in total. The Morgan fingerprint density at radius 2 is 1.88 bits per heavy atom. The minimum atomic E-state index is -0.250. The van der Waals surface area contributed by atoms with E-state index in [-0.39, 0.29) is 5.91 Å². The number of carbonyl (C=O) groups is 1. The molecule has 0 saturated heterocycles. The SMILES string of the molecule is CCC(C)c1ccc(NC(=O)c2ccc(-c3ncccc3Cl)cn2)cc1. The van der Waals surface area contributed by atoms with Gasteiger partial charge in [0, 0.05) is 23.6 Å². The molecule has 2 heterocycles. The second kappa shape index (κ2) is 8.11. The Morgan fingerprint density at radius 3 is 2.50 bits per heavy atom. The van der Waals surface area contributed by atoms with Crippen molar-refractivity contribution in [2.24, 2.45) is 0 Å². The zero-order chi connectivity index (χ0) is 18.5. The summed E-state index contributed by atoms with van der Waals surface area (Å²) in [6.45, 7) is 4.35. The number of halogens is 1. The quantitative estimate of drug-likeness (QED) is 0.643. The summed E-state index contributed by atoms with van der Waals surface area (Å²) in [5.41, 5.74) is 3.77. The molecular formula is C21H20ClN3O. The third-order valence-electron chi connectivity index (χ3n) is 4.38. The number of pyridine rings is 2. The highest BCUT2D eigenvalue weighted by Gasteiger charge is 2.10. The summed E-state index contributed by atoms with van der Waals surface area (Å²) in [6, 6.07) is 14.9. The van der Waals surface area contributed by atoms with Gasteiger partial charge in [-0.25, -0.2) is 0 Å². The Hall–Kier alpha value is -2.72. The zero-order valence-electron chi connectivity index (χ0n) is 14.7. The van der Waals surface area contributed by atoms with Crippen LogP contribution in [0.5, 0.6) is 0 Å². The van der Waals surface area contributed by atoms with E-state index in [1.54, 1.807) is 36.7 Å². The standard InChI is InChI=1S/C21H20ClN3O/c1-3-14(2)15-6-9-17(10-7-15)25-21(26)19-11-8-16(13-24-19)20-18(22)5-4-12-23-20/h4-14H,3H2,1-2H3,(H,25,26). The van der Waals surface area contributed by atoms with Gasteiger partial charge in [-0.3, -0.25) is 14.8 Å². The van der Waals surface area contributed by atoms with Gasteiger partial charge in [0.05, 0.1) is 10.7 Å². The van der Waals surface area contributed by atoms with E-state index < -0.39 is 0 Å². The molecule has 5 heteroatoms. The second-order valence-electron chi connectivity index (χ2n) is 6.15. The molecule has 26 heavy (non-hydrogen) atoms. The number of nitrogens with zero attached hydrogens (tertiary/aromatic N) is 2. The normalized spacial score (nSPS) is 11.8. The number of rotatable bonds is 5. The summed E-state index contributed by atoms with van der Waals surface area (Å²) in [4.78, 5) is 20.9. The van der Waals surface area contributed by atoms with Crippen molar-refractivity contribution in [2.75, 3.05) is 5.32 Å². The summed E-state index contributed by atoms with van der Waals surface area (Å²) >= 11 is 6.14. The van der Waals surface area contributed by atoms with E-state index in [2.05, 4.69) is 29.1 Å². The van der Waals surface area contributed by atoms with Crippen molar-refractivity contribution in [3.63, 3.8) is 0 Å². The Bertz CT molecular complexity index is 892. The van der Waals surface area contributed by atoms with Crippen LogP contribution in [0.4, 0.5) is 5.69 Å². The first kappa shape index (κ1) is 18.1. The number of carbonyl (C=O) groups excluding carboxylic acids is 1. The van der Waals surface area contributed by atoms with Gasteiger partial charge in [-0.1, -0.05) is 37.6 Å². The first-order chi connectivity index (χ1) is 12.6. The van der Waals surface area contributed by atoms with Gasteiger partial charge in [0.25, 0.3) is 5.91 Å². The first-order valence-corrected chi connectivity index (χ1v) is 8.94. The number of amides is 1. The maximum absolute atomic E-state index is 12.4. The third-order valence-corrected chi connectivity index (χ3v) is 4.68. The van der Waals surface area contributed by atoms with Crippen molar-refractivity contribution in [3.05, 3.63) is 77.2 Å². The molecule has 2 aromatic heterocycles. The molecule has 1 aromatic carbocycles. The van der Waals surface area contributed by atoms with E-state index >= 15 is 0 Å². The largest absolute Gasteiger partial charge is 0.321 e. The number of nitrogens with one attached hydrogen (secondary N) is 1. The van der Waals surface area contributed by atoms with Crippen LogP contribution in [0, 0.1) is 0 Å². The lowest BCUT2D eigenvalue weighted by atomic mass is 9.99. The maximum atomic E-state index is 12.4. The smallest absolute Gasteiger partial charge is 0.274 e. The predicted molar refractivity (Wildman–Crippen MR) is 106 cm³/mol. The van der Waals surface area contributed by atoms with Crippen LogP contribution in [-0.4, -0.2) is 15.9 Å². The number of hydrogen-bond donors (Lipinski definition) is 1. The molecule has 3 aromatic rings. The Kier molecular flexibility index (Phi) is 5.64. The minimum absolute atomic E-state index is 0.250. The topological polar surface area (TPSA) is 54.9 Å². The summed E-state index contributed by atoms with van der Waals surface area (Å²) in [7, 11) is 0. The fraction of sp³-hybridized carbons (Fsp3) is 0.190. The highest BCUT2D eigenvalue weighted by molar-refractivity contribution is 6.33. The highest BCUT2D eigenvalue weighted by Crippen LogP contribution is 2.24. The van der Waals surface area contributed by atoms with Crippen LogP contribution in [-0.2, 0) is 0 Å². The zero-order valence-corrected chi connectivity index (χ0v) is 15.5. The third kappa shape index (κ3) is 4.09. The predicted octanol–water partition coefficient (Wildman–Crippen LogP) is 5.56. The Morgan fingerprint density at radius 1 is 1.12 bits per heavy atom. The van der Waals surface area contributed by atoms with Crippen LogP contribution in [0.2, 0.25) is 5.02 Å². The molecule has 1 unspecified atom stereocenters. The molecule has 3 rings (SSSR count). The Balaban J connectivity index is 1.71. The average Bonchev–Trinajstić information content (AvgIpc) is 2.68. The first-order valence-electron chi connectivity index (χ1n) is 8.56. The van der Waals surface area contributed by atoms with E-state index in [0.717, 1.165) is 17.7 Å². The van der Waals surface area contributed by atoms with Crippen LogP contribution in [0.1, 0.15) is 42.2 Å². The van der Waals surface area contributed by atoms with Crippen molar-refractivity contribution >= 4 is 23.2 Å². The van der Waals surface area contributed by atoms with Gasteiger partial charge in [0.2, 0.25) is 0 Å². The molecule has 1 amide bonds. The number of hydrogen-bond acceptors (Lipinski definition) is 3. The van der Waals surface area contributed by atoms with Gasteiger partial charge >= 0.3 is 0 Å². The summed E-state index contributed by atoms with van der Waals surface area (Å²) in [5, 5.41) is 3.42. The fourth-order valence-corrected chi connectivity index (χ4v) is 2.82. The second-order valence-corrected chi connectivity index (χ2v) is 6.56. The number of anilines is 1. The molecule has 0 radical (unpaired) electrons. The lowest BCUT2D eigenvalue weighted by molar-refractivity contribution is 0.102. The van der Waals surface area contributed by atoms with Gasteiger partial charge < -0.3 is 5.32 Å². The van der Waals surface area contributed by atoms with Crippen LogP contribution >= 0.6 is 11.6 Å². The van der Waals surface area contributed by atoms with Gasteiger partial charge in [-0.2, -0.15) is 0 Å². The lowest BCUT2D eigenvalue weighted by Crippen LogP contribution is -2.13. The maximum Gasteiger partial charge on any atom is 0.274 e. The summed E-state index contributed by atoms with van der Waals surface area (Å²) < 4.78 is 0. The molecule has 0 bridgehead atoms. The number of benzene rings is 1. The van der Waals surface area contributed by atoms with Gasteiger partial charge in [0.1, 0.15) is 5.69 Å². The van der Waals surface area contributed by atoms with Crippen molar-refractivity contribution in [2.45, 2.75) is 26.2 Å². The number of aromatic nitrogens is 2. The molecule has 0 aliphatic rings. The van der Waals surface area contributed by atoms with Crippen molar-refractivity contribution < 1.29 is 4.79 Å². The molecule has 0 aliphatic carbocycles. The van der Waals surface area contributed by atoms with Crippen LogP contribution < -0.4 is 5.32 Å². The minimum Gasteiger partial charge on any atom is -0.321 e. The molecule has 4 nitrogen and oxygen atoms in total. The van der Waals surface area contributed by atoms with Crippen LogP contribution in [0.3, 0.4) is 0 Å². The van der Waals surface area contributed by atoms with Crippen molar-refractivity contribution in [1.29, 1.82) is 0 Å². The van der Waals surface area contributed by atoms with E-state index in [4.69, 9.17) is 11.6 Å². The van der Waals surface area contributed by atoms with Crippen molar-refractivity contribution in [1.82, 2.24) is 9.97 Å². The molecule has 132 valence electrons. The van der Waals surface area contributed by atoms with E-state index in [0.29, 0.717) is 22.3 Å². The van der Waals surface area contributed by atoms with Gasteiger partial charge in [-0.15, -0.1) is 0 Å². The van der Waals surface area contributed by atoms with Gasteiger partial charge in [0.15, 0.2) is 0 Å². The van der Waals surface area contributed by atoms with E-state index in [1.165, 1.54) is 5.56 Å². The van der Waals surface area contributed by atoms with E-state index in [1.807, 2.05) is 24.3 Å². The summed E-state index contributed by atoms with van der Waals surface area (Å²) in [6.07, 6.45) is 4.36.